The maximum absolute atomic E-state index is 15.1. The molecule has 2 aliphatic heterocycles. The van der Waals surface area contributed by atoms with Gasteiger partial charge in [0.15, 0.2) is 18.2 Å². The molecule has 1 fully saturated rings. The number of nitrogens with one attached hydrogen (secondary N) is 1. The number of azide groups is 1. The topological polar surface area (TPSA) is 306 Å². The van der Waals surface area contributed by atoms with Crippen molar-refractivity contribution in [2.75, 3.05) is 13.2 Å². The highest BCUT2D eigenvalue weighted by atomic mass is 31.3. The van der Waals surface area contributed by atoms with Gasteiger partial charge >= 0.3 is 23.5 Å². The van der Waals surface area contributed by atoms with E-state index < -0.39 is 66.9 Å². The van der Waals surface area contributed by atoms with E-state index in [-0.39, 0.29) is 11.5 Å². The molecule has 20 nitrogen and oxygen atoms in total. The van der Waals surface area contributed by atoms with E-state index in [4.69, 9.17) is 25.8 Å². The molecule has 3 heterocycles. The summed E-state index contributed by atoms with van der Waals surface area (Å²) in [7, 11) is -17.2. The number of phosphoric ester groups is 1. The number of nitrogens with zero attached hydrogens (tertiary/aromatic N) is 6. The van der Waals surface area contributed by atoms with Crippen LogP contribution in [0.4, 0.5) is 10.2 Å². The second kappa shape index (κ2) is 9.93. The van der Waals surface area contributed by atoms with Gasteiger partial charge in [0.05, 0.1) is 25.8 Å². The molecular formula is C11H18FN8O12P3. The van der Waals surface area contributed by atoms with Gasteiger partial charge in [-0.3, -0.25) is 9.09 Å². The number of rotatable bonds is 10. The van der Waals surface area contributed by atoms with Gasteiger partial charge in [-0.05, 0) is 5.53 Å². The molecule has 2 aliphatic rings. The Morgan fingerprint density at radius 2 is 2.00 bits per heavy atom. The van der Waals surface area contributed by atoms with Crippen LogP contribution < -0.4 is 11.1 Å². The SMILES string of the molecule is [N-]=[N+]=NC[C@]1(COP(=O)(O)OP(=O)(O)OP(=O)(O)O)O[C@@H](n2cnc3c2N=CNC3N)[C@H](F)[C@@H]1O. The number of halogens is 1. The molecule has 0 bridgehead atoms. The van der Waals surface area contributed by atoms with Crippen LogP contribution in [0.2, 0.25) is 0 Å². The lowest BCUT2D eigenvalue weighted by atomic mass is 9.97. The molecule has 8 N–H and O–H groups in total. The maximum atomic E-state index is 15.1. The fourth-order valence-electron chi connectivity index (χ4n) is 3.14. The van der Waals surface area contributed by atoms with E-state index in [2.05, 4.69) is 38.5 Å². The van der Waals surface area contributed by atoms with Crippen LogP contribution in [-0.2, 0) is 31.6 Å². The van der Waals surface area contributed by atoms with Gasteiger partial charge < -0.3 is 40.5 Å². The lowest BCUT2D eigenvalue weighted by molar-refractivity contribution is -0.119. The molecule has 0 saturated carbocycles. The molecule has 1 aromatic heterocycles. The highest BCUT2D eigenvalue weighted by Crippen LogP contribution is 2.66. The van der Waals surface area contributed by atoms with Gasteiger partial charge in [0, 0.05) is 4.91 Å². The molecule has 1 aromatic rings. The molecule has 0 aromatic carbocycles. The van der Waals surface area contributed by atoms with Crippen LogP contribution in [0.15, 0.2) is 16.4 Å². The molecule has 0 aliphatic carbocycles. The number of aliphatic hydroxyl groups is 1. The van der Waals surface area contributed by atoms with Crippen LogP contribution >= 0.6 is 23.5 Å². The van der Waals surface area contributed by atoms with Crippen molar-refractivity contribution in [2.45, 2.75) is 30.3 Å². The zero-order chi connectivity index (χ0) is 26.2. The Kier molecular flexibility index (Phi) is 7.88. The molecule has 196 valence electrons. The first-order valence-corrected chi connectivity index (χ1v) is 13.5. The minimum atomic E-state index is -5.84. The van der Waals surface area contributed by atoms with E-state index in [1.54, 1.807) is 0 Å². The minimum Gasteiger partial charge on any atom is -0.387 e. The Bertz CT molecular complexity index is 1190. The van der Waals surface area contributed by atoms with Gasteiger partial charge in [0.1, 0.15) is 23.6 Å². The second-order valence-corrected chi connectivity index (χ2v) is 11.4. The lowest BCUT2D eigenvalue weighted by Crippen LogP contribution is -2.48. The third-order valence-corrected chi connectivity index (χ3v) is 8.35. The third kappa shape index (κ3) is 6.32. The zero-order valence-corrected chi connectivity index (χ0v) is 19.6. The smallest absolute Gasteiger partial charge is 0.387 e. The fraction of sp³-hybridized carbons (Fsp3) is 0.636. The van der Waals surface area contributed by atoms with Gasteiger partial charge in [-0.2, -0.15) is 8.62 Å². The van der Waals surface area contributed by atoms with Gasteiger partial charge in [0.25, 0.3) is 0 Å². The van der Waals surface area contributed by atoms with E-state index in [1.807, 2.05) is 0 Å². The Labute approximate surface area is 193 Å². The van der Waals surface area contributed by atoms with Crippen LogP contribution in [0, 0.1) is 0 Å². The Morgan fingerprint density at radius 3 is 2.63 bits per heavy atom. The fourth-order valence-corrected chi connectivity index (χ4v) is 6.21. The van der Waals surface area contributed by atoms with Crippen molar-refractivity contribution in [1.82, 2.24) is 14.9 Å². The van der Waals surface area contributed by atoms with Crippen LogP contribution in [0.1, 0.15) is 18.1 Å². The van der Waals surface area contributed by atoms with Gasteiger partial charge in [0.2, 0.25) is 0 Å². The van der Waals surface area contributed by atoms with E-state index in [0.717, 1.165) is 10.9 Å². The van der Waals surface area contributed by atoms with Crippen molar-refractivity contribution in [3.05, 3.63) is 22.5 Å². The van der Waals surface area contributed by atoms with Crippen molar-refractivity contribution >= 4 is 35.6 Å². The molecule has 0 spiro atoms. The summed E-state index contributed by atoms with van der Waals surface area (Å²) in [6, 6.07) is 0. The number of hydrogen-bond donors (Lipinski definition) is 7. The minimum absolute atomic E-state index is 0.0450. The summed E-state index contributed by atoms with van der Waals surface area (Å²) in [5.74, 6) is 0.0450. The van der Waals surface area contributed by atoms with Crippen LogP contribution in [0.5, 0.6) is 0 Å². The van der Waals surface area contributed by atoms with Gasteiger partial charge in [-0.25, -0.2) is 28.1 Å². The lowest BCUT2D eigenvalue weighted by Gasteiger charge is -2.30. The third-order valence-electron chi connectivity index (χ3n) is 4.56. The monoisotopic (exact) mass is 566 g/mol. The first-order chi connectivity index (χ1) is 16.1. The molecule has 1 saturated heterocycles. The summed E-state index contributed by atoms with van der Waals surface area (Å²) in [6.07, 6.45) is -4.67. The summed E-state index contributed by atoms with van der Waals surface area (Å²) >= 11 is 0. The summed E-state index contributed by atoms with van der Waals surface area (Å²) in [6.45, 7) is -2.16. The Hall–Kier alpha value is -1.79. The number of nitrogens with two attached hydrogens (primary N) is 1. The number of hydrogen-bond acceptors (Lipinski definition) is 13. The summed E-state index contributed by atoms with van der Waals surface area (Å²) in [5.41, 5.74) is 12.3. The van der Waals surface area contributed by atoms with Crippen molar-refractivity contribution in [3.8, 4) is 0 Å². The molecule has 0 radical (unpaired) electrons. The molecule has 7 atom stereocenters. The van der Waals surface area contributed by atoms with Crippen LogP contribution in [0.25, 0.3) is 10.4 Å². The standard InChI is InChI=1S/C11H18FN8O12P3/c12-5-7(21)11(1-18-19-14,2-29-34(25,26)32-35(27,28)31-33(22,23)24)30-10(5)20-4-17-6-8(13)15-3-16-9(6)20/h3-5,7-8,10,21H,1-2,13H2,(H,15,16)(H,25,26)(H,27,28)(H2,22,23,24)/t5-,7+,8?,10-,11-/m1/s1. The number of ether oxygens (including phenoxy) is 1. The highest BCUT2D eigenvalue weighted by Gasteiger charge is 2.57. The van der Waals surface area contributed by atoms with Crippen molar-refractivity contribution in [2.24, 2.45) is 15.8 Å². The number of fused-ring (bicyclic) bond motifs is 1. The molecule has 3 unspecified atom stereocenters. The number of alkyl halides is 1. The summed E-state index contributed by atoms with van der Waals surface area (Å²) < 4.78 is 67.6. The number of aromatic nitrogens is 2. The van der Waals surface area contributed by atoms with E-state index in [1.165, 1.54) is 6.34 Å². The maximum Gasteiger partial charge on any atom is 0.490 e. The second-order valence-electron chi connectivity index (χ2n) is 6.98. The summed E-state index contributed by atoms with van der Waals surface area (Å²) in [5, 5.41) is 16.3. The van der Waals surface area contributed by atoms with Crippen LogP contribution in [-0.4, -0.2) is 71.6 Å². The van der Waals surface area contributed by atoms with E-state index >= 15 is 4.39 Å². The van der Waals surface area contributed by atoms with E-state index in [0.29, 0.717) is 0 Å². The zero-order valence-electron chi connectivity index (χ0n) is 17.0. The summed E-state index contributed by atoms with van der Waals surface area (Å²) in [4.78, 5) is 46.5. The number of phosphoric acid groups is 3. The van der Waals surface area contributed by atoms with Crippen LogP contribution in [0.3, 0.4) is 0 Å². The predicted molar refractivity (Wildman–Crippen MR) is 108 cm³/mol. The Morgan fingerprint density at radius 1 is 1.31 bits per heavy atom. The predicted octanol–water partition coefficient (Wildman–Crippen LogP) is -0.276. The number of aliphatic imine (C=N–C) groups is 1. The van der Waals surface area contributed by atoms with Crippen molar-refractivity contribution < 1.29 is 60.6 Å². The van der Waals surface area contributed by atoms with Gasteiger partial charge in [-0.1, -0.05) is 5.11 Å². The molecule has 35 heavy (non-hydrogen) atoms. The largest absolute Gasteiger partial charge is 0.490 e. The highest BCUT2D eigenvalue weighted by molar-refractivity contribution is 7.66. The van der Waals surface area contributed by atoms with Crippen molar-refractivity contribution in [3.63, 3.8) is 0 Å². The average Bonchev–Trinajstić information content (AvgIpc) is 3.24. The molecular weight excluding hydrogens is 548 g/mol. The number of aliphatic hydroxyl groups excluding tert-OH is 1. The van der Waals surface area contributed by atoms with Gasteiger partial charge in [-0.15, -0.1) is 0 Å². The van der Waals surface area contributed by atoms with E-state index in [9.17, 15) is 28.6 Å². The first-order valence-electron chi connectivity index (χ1n) is 9.00. The molecule has 24 heteroatoms. The molecule has 3 rings (SSSR count). The normalized spacial score (nSPS) is 31.6. The Balaban J connectivity index is 1.85. The molecule has 0 amide bonds. The van der Waals surface area contributed by atoms with Crippen molar-refractivity contribution in [1.29, 1.82) is 0 Å². The average molecular weight is 566 g/mol. The number of imidazole rings is 1. The quantitative estimate of drug-likeness (QED) is 0.0829. The first kappa shape index (κ1) is 27.8.